The zero-order valence-electron chi connectivity index (χ0n) is 13.4. The molecule has 1 fully saturated rings. The van der Waals surface area contributed by atoms with Crippen LogP contribution in [0.4, 0.5) is 5.69 Å². The smallest absolute Gasteiger partial charge is 0.252 e. The van der Waals surface area contributed by atoms with E-state index in [0.29, 0.717) is 45.9 Å². The molecule has 26 heavy (non-hydrogen) atoms. The Balaban J connectivity index is 1.62. The van der Waals surface area contributed by atoms with E-state index in [-0.39, 0.29) is 11.8 Å². The minimum atomic E-state index is -3.51. The fourth-order valence-corrected chi connectivity index (χ4v) is 6.95. The highest BCUT2D eigenvalue weighted by Crippen LogP contribution is 2.31. The third-order valence-corrected chi connectivity index (χ3v) is 8.52. The van der Waals surface area contributed by atoms with E-state index in [1.54, 1.807) is 30.3 Å². The van der Waals surface area contributed by atoms with Gasteiger partial charge in [-0.15, -0.1) is 11.3 Å². The molecule has 0 radical (unpaired) electrons. The van der Waals surface area contributed by atoms with Crippen LogP contribution in [-0.4, -0.2) is 31.7 Å². The van der Waals surface area contributed by atoms with Gasteiger partial charge in [0, 0.05) is 34.7 Å². The van der Waals surface area contributed by atoms with E-state index in [0.717, 1.165) is 3.79 Å². The maximum absolute atomic E-state index is 12.6. The van der Waals surface area contributed by atoms with Crippen LogP contribution >= 0.6 is 50.5 Å². The van der Waals surface area contributed by atoms with Gasteiger partial charge in [-0.3, -0.25) is 4.79 Å². The molecule has 0 atom stereocenters. The molecule has 1 N–H and O–H groups in total. The number of halogens is 3. The number of anilines is 1. The molecule has 1 aromatic heterocycles. The first kappa shape index (κ1) is 20.1. The summed E-state index contributed by atoms with van der Waals surface area (Å²) in [5.74, 6) is -0.409. The Hall–Kier alpha value is -0.640. The number of hydrogen-bond donors (Lipinski definition) is 1. The predicted molar refractivity (Wildman–Crippen MR) is 109 cm³/mol. The van der Waals surface area contributed by atoms with Gasteiger partial charge in [0.25, 0.3) is 10.0 Å². The summed E-state index contributed by atoms with van der Waals surface area (Å²) in [4.78, 5) is 12.5. The predicted octanol–water partition coefficient (Wildman–Crippen LogP) is 4.86. The van der Waals surface area contributed by atoms with Gasteiger partial charge < -0.3 is 5.32 Å². The molecule has 1 aliphatic heterocycles. The number of piperidine rings is 1. The topological polar surface area (TPSA) is 66.5 Å². The molecule has 2 heterocycles. The van der Waals surface area contributed by atoms with Gasteiger partial charge in [0.15, 0.2) is 0 Å². The van der Waals surface area contributed by atoms with Gasteiger partial charge in [-0.2, -0.15) is 4.31 Å². The van der Waals surface area contributed by atoms with E-state index < -0.39 is 10.0 Å². The van der Waals surface area contributed by atoms with Gasteiger partial charge in [-0.25, -0.2) is 8.42 Å². The van der Waals surface area contributed by atoms with E-state index in [4.69, 9.17) is 23.2 Å². The second kappa shape index (κ2) is 8.16. The second-order valence-corrected chi connectivity index (χ2v) is 11.4. The van der Waals surface area contributed by atoms with E-state index in [9.17, 15) is 13.2 Å². The maximum Gasteiger partial charge on any atom is 0.252 e. The van der Waals surface area contributed by atoms with Gasteiger partial charge in [-0.1, -0.05) is 23.2 Å². The van der Waals surface area contributed by atoms with Gasteiger partial charge in [0.1, 0.15) is 4.21 Å². The van der Waals surface area contributed by atoms with Gasteiger partial charge >= 0.3 is 0 Å². The lowest BCUT2D eigenvalue weighted by Gasteiger charge is -2.30. The Morgan fingerprint density at radius 1 is 1.15 bits per heavy atom. The number of carbonyl (C=O) groups excluding carboxylic acids is 1. The molecular weight excluding hydrogens is 483 g/mol. The summed E-state index contributed by atoms with van der Waals surface area (Å²) >= 11 is 16.3. The Kier molecular flexibility index (Phi) is 6.31. The molecular formula is C16H15BrCl2N2O3S2. The van der Waals surface area contributed by atoms with Crippen LogP contribution in [0.15, 0.2) is 38.3 Å². The summed E-state index contributed by atoms with van der Waals surface area (Å²) in [5.41, 5.74) is 0.533. The average molecular weight is 498 g/mol. The molecule has 10 heteroatoms. The average Bonchev–Trinajstić information content (AvgIpc) is 3.01. The zero-order valence-corrected chi connectivity index (χ0v) is 18.1. The Morgan fingerprint density at radius 2 is 1.77 bits per heavy atom. The van der Waals surface area contributed by atoms with Crippen LogP contribution in [0.2, 0.25) is 10.0 Å². The van der Waals surface area contributed by atoms with Crippen molar-refractivity contribution >= 4 is 72.1 Å². The molecule has 1 amide bonds. The fourth-order valence-electron chi connectivity index (χ4n) is 2.79. The van der Waals surface area contributed by atoms with Crippen molar-refractivity contribution in [3.05, 3.63) is 44.2 Å². The number of carbonyl (C=O) groups is 1. The molecule has 1 saturated heterocycles. The van der Waals surface area contributed by atoms with Crippen molar-refractivity contribution in [1.29, 1.82) is 0 Å². The molecule has 0 saturated carbocycles. The fraction of sp³-hybridized carbons (Fsp3) is 0.312. The Labute approximate surface area is 174 Å². The summed E-state index contributed by atoms with van der Waals surface area (Å²) < 4.78 is 27.8. The number of hydrogen-bond acceptors (Lipinski definition) is 4. The highest BCUT2D eigenvalue weighted by Gasteiger charge is 2.32. The van der Waals surface area contributed by atoms with Crippen LogP contribution < -0.4 is 5.32 Å². The number of amides is 1. The molecule has 0 bridgehead atoms. The van der Waals surface area contributed by atoms with Crippen molar-refractivity contribution < 1.29 is 13.2 Å². The van der Waals surface area contributed by atoms with Crippen molar-refractivity contribution in [3.8, 4) is 0 Å². The second-order valence-electron chi connectivity index (χ2n) is 5.88. The lowest BCUT2D eigenvalue weighted by Crippen LogP contribution is -2.41. The van der Waals surface area contributed by atoms with Crippen LogP contribution in [0, 0.1) is 5.92 Å². The Morgan fingerprint density at radius 3 is 2.31 bits per heavy atom. The third-order valence-electron chi connectivity index (χ3n) is 4.10. The molecule has 1 aromatic carbocycles. The quantitative estimate of drug-likeness (QED) is 0.656. The first-order valence-corrected chi connectivity index (χ1v) is 11.6. The van der Waals surface area contributed by atoms with Gasteiger partial charge in [0.05, 0.1) is 3.79 Å². The lowest BCUT2D eigenvalue weighted by molar-refractivity contribution is -0.120. The number of thiophene rings is 1. The highest BCUT2D eigenvalue weighted by molar-refractivity contribution is 9.11. The Bertz CT molecular complexity index is 905. The van der Waals surface area contributed by atoms with Crippen LogP contribution in [0.25, 0.3) is 0 Å². The molecule has 2 aromatic rings. The minimum Gasteiger partial charge on any atom is -0.326 e. The molecule has 5 nitrogen and oxygen atoms in total. The van der Waals surface area contributed by atoms with Crippen molar-refractivity contribution in [1.82, 2.24) is 4.31 Å². The van der Waals surface area contributed by atoms with Crippen LogP contribution in [0.5, 0.6) is 0 Å². The highest BCUT2D eigenvalue weighted by atomic mass is 79.9. The monoisotopic (exact) mass is 496 g/mol. The normalized spacial score (nSPS) is 16.6. The SMILES string of the molecule is O=C(Nc1cc(Cl)cc(Cl)c1)C1CCN(S(=O)(=O)c2ccc(Br)s2)CC1. The van der Waals surface area contributed by atoms with Crippen molar-refractivity contribution in [2.75, 3.05) is 18.4 Å². The number of benzene rings is 1. The summed E-state index contributed by atoms with van der Waals surface area (Å²) in [6, 6.07) is 8.14. The first-order valence-electron chi connectivity index (χ1n) is 7.78. The molecule has 0 aliphatic carbocycles. The standard InChI is InChI=1S/C16H15BrCl2N2O3S2/c17-14-1-2-15(25-14)26(23,24)21-5-3-10(4-6-21)16(22)20-13-8-11(18)7-12(19)9-13/h1-2,7-10H,3-6H2,(H,20,22). The largest absolute Gasteiger partial charge is 0.326 e. The van der Waals surface area contributed by atoms with E-state index in [2.05, 4.69) is 21.2 Å². The number of nitrogens with zero attached hydrogens (tertiary/aromatic N) is 1. The van der Waals surface area contributed by atoms with E-state index in [1.165, 1.54) is 15.6 Å². The van der Waals surface area contributed by atoms with Crippen LogP contribution in [0.1, 0.15) is 12.8 Å². The maximum atomic E-state index is 12.6. The molecule has 0 spiro atoms. The van der Waals surface area contributed by atoms with E-state index >= 15 is 0 Å². The van der Waals surface area contributed by atoms with Crippen molar-refractivity contribution in [2.45, 2.75) is 17.1 Å². The van der Waals surface area contributed by atoms with Crippen molar-refractivity contribution in [2.24, 2.45) is 5.92 Å². The molecule has 1 aliphatic rings. The summed E-state index contributed by atoms with van der Waals surface area (Å²) in [7, 11) is -3.51. The van der Waals surface area contributed by atoms with Crippen LogP contribution in [-0.2, 0) is 14.8 Å². The van der Waals surface area contributed by atoms with E-state index in [1.807, 2.05) is 0 Å². The zero-order chi connectivity index (χ0) is 18.9. The van der Waals surface area contributed by atoms with Crippen LogP contribution in [0.3, 0.4) is 0 Å². The summed E-state index contributed by atoms with van der Waals surface area (Å²) in [6.45, 7) is 0.623. The number of nitrogens with one attached hydrogen (secondary N) is 1. The third kappa shape index (κ3) is 4.61. The lowest BCUT2D eigenvalue weighted by atomic mass is 9.97. The van der Waals surface area contributed by atoms with Crippen molar-refractivity contribution in [3.63, 3.8) is 0 Å². The molecule has 3 rings (SSSR count). The molecule has 140 valence electrons. The molecule has 0 unspecified atom stereocenters. The summed E-state index contributed by atoms with van der Waals surface area (Å²) in [5, 5.41) is 3.68. The van der Waals surface area contributed by atoms with Gasteiger partial charge in [0.2, 0.25) is 5.91 Å². The first-order chi connectivity index (χ1) is 12.3. The number of sulfonamides is 1. The number of rotatable bonds is 4. The minimum absolute atomic E-state index is 0.153. The van der Waals surface area contributed by atoms with Gasteiger partial charge in [-0.05, 0) is 59.1 Å². The summed E-state index contributed by atoms with van der Waals surface area (Å²) in [6.07, 6.45) is 0.928.